The molecule has 3 nitrogen and oxygen atoms in total. The van der Waals surface area contributed by atoms with Gasteiger partial charge in [-0.2, -0.15) is 0 Å². The molecule has 1 amide bonds. The first-order chi connectivity index (χ1) is 7.62. The highest BCUT2D eigenvalue weighted by molar-refractivity contribution is 5.75. The number of nitrogens with one attached hydrogen (secondary N) is 1. The van der Waals surface area contributed by atoms with Gasteiger partial charge in [0, 0.05) is 12.0 Å². The lowest BCUT2D eigenvalue weighted by molar-refractivity contribution is -0.119. The molecule has 94 valence electrons. The molecule has 0 bridgehead atoms. The van der Waals surface area contributed by atoms with Crippen LogP contribution in [0.1, 0.15) is 58.8 Å². The summed E-state index contributed by atoms with van der Waals surface area (Å²) >= 11 is 0. The van der Waals surface area contributed by atoms with E-state index in [1.54, 1.807) is 0 Å². The van der Waals surface area contributed by atoms with E-state index in [2.05, 4.69) is 19.2 Å². The van der Waals surface area contributed by atoms with Crippen molar-refractivity contribution in [1.29, 1.82) is 0 Å². The second-order valence-corrected chi connectivity index (χ2v) is 5.16. The third-order valence-corrected chi connectivity index (χ3v) is 3.94. The molecule has 0 spiro atoms. The Bertz CT molecular complexity index is 230. The Morgan fingerprint density at radius 1 is 1.38 bits per heavy atom. The number of carbonyl (C=O) groups is 1. The van der Waals surface area contributed by atoms with Crippen LogP contribution in [-0.4, -0.2) is 18.0 Å². The van der Waals surface area contributed by atoms with E-state index >= 15 is 0 Å². The zero-order chi connectivity index (χ0) is 12.0. The van der Waals surface area contributed by atoms with Gasteiger partial charge in [0.25, 0.3) is 0 Å². The summed E-state index contributed by atoms with van der Waals surface area (Å²) in [5.74, 6) is 0.671. The van der Waals surface area contributed by atoms with E-state index in [-0.39, 0.29) is 11.4 Å². The molecule has 0 aliphatic heterocycles. The van der Waals surface area contributed by atoms with Gasteiger partial charge in [-0.15, -0.1) is 0 Å². The lowest BCUT2D eigenvalue weighted by Gasteiger charge is -2.33. The normalized spacial score (nSPS) is 31.0. The molecule has 1 fully saturated rings. The number of nitrogens with two attached hydrogens (primary N) is 1. The molecular weight excluding hydrogens is 200 g/mol. The molecule has 0 aromatic heterocycles. The number of hydrogen-bond donors (Lipinski definition) is 2. The SMILES string of the molecule is CCNC1(CC(N)=O)CCCC(CC)CC1. The number of carbonyl (C=O) groups excluding carboxylic acids is 1. The van der Waals surface area contributed by atoms with Gasteiger partial charge in [-0.25, -0.2) is 0 Å². The van der Waals surface area contributed by atoms with Gasteiger partial charge in [0.2, 0.25) is 5.91 Å². The summed E-state index contributed by atoms with van der Waals surface area (Å²) in [5.41, 5.74) is 5.37. The van der Waals surface area contributed by atoms with Crippen molar-refractivity contribution in [2.45, 2.75) is 64.3 Å². The van der Waals surface area contributed by atoms with Crippen LogP contribution in [0.2, 0.25) is 0 Å². The average molecular weight is 226 g/mol. The number of amides is 1. The molecule has 0 aromatic rings. The topological polar surface area (TPSA) is 55.1 Å². The molecule has 1 aliphatic carbocycles. The predicted molar refractivity (Wildman–Crippen MR) is 67.1 cm³/mol. The molecule has 16 heavy (non-hydrogen) atoms. The van der Waals surface area contributed by atoms with Crippen molar-refractivity contribution in [1.82, 2.24) is 5.32 Å². The molecule has 3 heteroatoms. The van der Waals surface area contributed by atoms with Crippen molar-refractivity contribution in [2.24, 2.45) is 11.7 Å². The largest absolute Gasteiger partial charge is 0.370 e. The summed E-state index contributed by atoms with van der Waals surface area (Å²) < 4.78 is 0. The number of primary amides is 1. The second-order valence-electron chi connectivity index (χ2n) is 5.16. The fraction of sp³-hybridized carbons (Fsp3) is 0.923. The van der Waals surface area contributed by atoms with Gasteiger partial charge in [0.05, 0.1) is 0 Å². The standard InChI is InChI=1S/C13H26N2O/c1-3-11-6-5-8-13(9-7-11,15-4-2)10-12(14)16/h11,15H,3-10H2,1-2H3,(H2,14,16). The zero-order valence-corrected chi connectivity index (χ0v) is 10.7. The molecular formula is C13H26N2O. The van der Waals surface area contributed by atoms with Crippen LogP contribution in [0, 0.1) is 5.92 Å². The van der Waals surface area contributed by atoms with Crippen molar-refractivity contribution in [3.05, 3.63) is 0 Å². The van der Waals surface area contributed by atoms with Crippen molar-refractivity contribution < 1.29 is 4.79 Å². The molecule has 2 unspecified atom stereocenters. The summed E-state index contributed by atoms with van der Waals surface area (Å²) in [7, 11) is 0. The zero-order valence-electron chi connectivity index (χ0n) is 10.7. The van der Waals surface area contributed by atoms with Crippen LogP contribution in [0.3, 0.4) is 0 Å². The molecule has 2 atom stereocenters. The third-order valence-electron chi connectivity index (χ3n) is 3.94. The van der Waals surface area contributed by atoms with Crippen LogP contribution in [-0.2, 0) is 4.79 Å². The Kier molecular flexibility index (Phi) is 5.26. The van der Waals surface area contributed by atoms with Crippen LogP contribution >= 0.6 is 0 Å². The Balaban J connectivity index is 2.65. The minimum absolute atomic E-state index is 0.00942. The molecule has 1 aliphatic rings. The van der Waals surface area contributed by atoms with E-state index in [1.807, 2.05) is 0 Å². The maximum Gasteiger partial charge on any atom is 0.219 e. The van der Waals surface area contributed by atoms with Crippen LogP contribution < -0.4 is 11.1 Å². The fourth-order valence-corrected chi connectivity index (χ4v) is 3.01. The lowest BCUT2D eigenvalue weighted by Crippen LogP contribution is -2.47. The van der Waals surface area contributed by atoms with Gasteiger partial charge < -0.3 is 11.1 Å². The van der Waals surface area contributed by atoms with E-state index in [1.165, 1.54) is 25.7 Å². The maximum atomic E-state index is 11.2. The van der Waals surface area contributed by atoms with Crippen molar-refractivity contribution in [3.8, 4) is 0 Å². The van der Waals surface area contributed by atoms with Gasteiger partial charge in [0.15, 0.2) is 0 Å². The van der Waals surface area contributed by atoms with Crippen LogP contribution in [0.25, 0.3) is 0 Å². The Labute approximate surface area is 99.2 Å². The Morgan fingerprint density at radius 3 is 2.69 bits per heavy atom. The van der Waals surface area contributed by atoms with Gasteiger partial charge in [-0.3, -0.25) is 4.79 Å². The summed E-state index contributed by atoms with van der Waals surface area (Å²) in [5, 5.41) is 3.51. The third kappa shape index (κ3) is 3.78. The van der Waals surface area contributed by atoms with E-state index in [9.17, 15) is 4.79 Å². The molecule has 0 radical (unpaired) electrons. The smallest absolute Gasteiger partial charge is 0.219 e. The minimum Gasteiger partial charge on any atom is -0.370 e. The monoisotopic (exact) mass is 226 g/mol. The van der Waals surface area contributed by atoms with Gasteiger partial charge in [-0.05, 0) is 31.7 Å². The number of hydrogen-bond acceptors (Lipinski definition) is 2. The lowest BCUT2D eigenvalue weighted by atomic mass is 9.85. The maximum absolute atomic E-state index is 11.2. The van der Waals surface area contributed by atoms with Gasteiger partial charge in [-0.1, -0.05) is 33.1 Å². The Hall–Kier alpha value is -0.570. The second kappa shape index (κ2) is 6.24. The van der Waals surface area contributed by atoms with E-state index in [4.69, 9.17) is 5.73 Å². The van der Waals surface area contributed by atoms with Gasteiger partial charge >= 0.3 is 0 Å². The molecule has 0 heterocycles. The van der Waals surface area contributed by atoms with E-state index in [0.29, 0.717) is 6.42 Å². The molecule has 0 aromatic carbocycles. The molecule has 1 rings (SSSR count). The van der Waals surface area contributed by atoms with Crippen molar-refractivity contribution in [3.63, 3.8) is 0 Å². The summed E-state index contributed by atoms with van der Waals surface area (Å²) in [6.45, 7) is 5.29. The van der Waals surface area contributed by atoms with Crippen LogP contribution in [0.15, 0.2) is 0 Å². The predicted octanol–water partition coefficient (Wildman–Crippen LogP) is 2.20. The Morgan fingerprint density at radius 2 is 2.12 bits per heavy atom. The van der Waals surface area contributed by atoms with Gasteiger partial charge in [0.1, 0.15) is 0 Å². The van der Waals surface area contributed by atoms with Crippen LogP contribution in [0.5, 0.6) is 0 Å². The quantitative estimate of drug-likeness (QED) is 0.706. The van der Waals surface area contributed by atoms with Crippen molar-refractivity contribution >= 4 is 5.91 Å². The summed E-state index contributed by atoms with van der Waals surface area (Å²) in [6, 6.07) is 0. The molecule has 1 saturated carbocycles. The van der Waals surface area contributed by atoms with Crippen LogP contribution in [0.4, 0.5) is 0 Å². The summed E-state index contributed by atoms with van der Waals surface area (Å²) in [4.78, 5) is 11.2. The van der Waals surface area contributed by atoms with E-state index in [0.717, 1.165) is 25.3 Å². The first-order valence-electron chi connectivity index (χ1n) is 6.65. The minimum atomic E-state index is -0.170. The highest BCUT2D eigenvalue weighted by atomic mass is 16.1. The highest BCUT2D eigenvalue weighted by Crippen LogP contribution is 2.33. The molecule has 3 N–H and O–H groups in total. The van der Waals surface area contributed by atoms with Crippen molar-refractivity contribution in [2.75, 3.05) is 6.54 Å². The average Bonchev–Trinajstić information content (AvgIpc) is 2.40. The summed E-state index contributed by atoms with van der Waals surface area (Å²) in [6.07, 6.45) is 7.72. The fourth-order valence-electron chi connectivity index (χ4n) is 3.01. The highest BCUT2D eigenvalue weighted by Gasteiger charge is 2.33. The van der Waals surface area contributed by atoms with E-state index < -0.39 is 0 Å². The first kappa shape index (κ1) is 13.5. The number of rotatable bonds is 5. The first-order valence-corrected chi connectivity index (χ1v) is 6.65. The molecule has 0 saturated heterocycles.